The molecule has 172 valence electrons. The summed E-state index contributed by atoms with van der Waals surface area (Å²) in [6.45, 7) is 2.01. The molecule has 0 unspecified atom stereocenters. The van der Waals surface area contributed by atoms with Crippen LogP contribution in [-0.4, -0.2) is 11.8 Å². The molecule has 2 amide bonds. The van der Waals surface area contributed by atoms with Crippen molar-refractivity contribution in [1.29, 1.82) is 0 Å². The van der Waals surface area contributed by atoms with Crippen molar-refractivity contribution in [1.82, 2.24) is 0 Å². The third kappa shape index (κ3) is 3.06. The van der Waals surface area contributed by atoms with Gasteiger partial charge in [-0.1, -0.05) is 66.2 Å². The first-order chi connectivity index (χ1) is 17.0. The number of rotatable bonds is 3. The van der Waals surface area contributed by atoms with Gasteiger partial charge in [0.25, 0.3) is 11.8 Å². The molecule has 0 bridgehead atoms. The lowest BCUT2D eigenvalue weighted by Crippen LogP contribution is -2.63. The average molecular weight is 464 g/mol. The van der Waals surface area contributed by atoms with Crippen molar-refractivity contribution in [3.63, 3.8) is 0 Å². The van der Waals surface area contributed by atoms with Crippen LogP contribution in [0, 0.1) is 12.7 Å². The molecule has 6 rings (SSSR count). The van der Waals surface area contributed by atoms with Gasteiger partial charge >= 0.3 is 0 Å². The maximum absolute atomic E-state index is 14.6. The molecule has 5 nitrogen and oxygen atoms in total. The average Bonchev–Trinajstić information content (AvgIpc) is 3.10. The number of halogens is 1. The maximum Gasteiger partial charge on any atom is 0.279 e. The molecule has 1 N–H and O–H groups in total. The molecule has 2 aliphatic rings. The number of nitrogens with zero attached hydrogens (tertiary/aromatic N) is 2. The number of nitrogens with one attached hydrogen (secondary N) is 1. The summed E-state index contributed by atoms with van der Waals surface area (Å²) in [5.41, 5.74) is 2.87. The summed E-state index contributed by atoms with van der Waals surface area (Å²) in [5, 5.41) is 3.42. The topological polar surface area (TPSA) is 52.7 Å². The zero-order valence-electron chi connectivity index (χ0n) is 19.0. The van der Waals surface area contributed by atoms with Crippen molar-refractivity contribution in [3.8, 4) is 0 Å². The van der Waals surface area contributed by atoms with Crippen molar-refractivity contribution in [2.45, 2.75) is 19.1 Å². The van der Waals surface area contributed by atoms with Crippen molar-refractivity contribution in [2.24, 2.45) is 0 Å². The van der Waals surface area contributed by atoms with Crippen LogP contribution in [0.1, 0.15) is 27.0 Å². The van der Waals surface area contributed by atoms with Crippen LogP contribution in [0.5, 0.6) is 0 Å². The third-order valence-corrected chi connectivity index (χ3v) is 6.73. The summed E-state index contributed by atoms with van der Waals surface area (Å²) in [4.78, 5) is 31.5. The Hall–Kier alpha value is -4.45. The first-order valence-electron chi connectivity index (χ1n) is 11.4. The van der Waals surface area contributed by atoms with Crippen molar-refractivity contribution < 1.29 is 14.0 Å². The Morgan fingerprint density at radius 3 is 2.31 bits per heavy atom. The smallest absolute Gasteiger partial charge is 0.279 e. The maximum atomic E-state index is 14.6. The number of aryl methyl sites for hydroxylation is 1. The highest BCUT2D eigenvalue weighted by Gasteiger charge is 2.59. The van der Waals surface area contributed by atoms with Gasteiger partial charge in [0, 0.05) is 22.5 Å². The summed E-state index contributed by atoms with van der Waals surface area (Å²) >= 11 is 0. The highest BCUT2D eigenvalue weighted by molar-refractivity contribution is 6.22. The van der Waals surface area contributed by atoms with E-state index < -0.39 is 5.66 Å². The predicted molar refractivity (Wildman–Crippen MR) is 134 cm³/mol. The summed E-state index contributed by atoms with van der Waals surface area (Å²) in [7, 11) is 0. The molecule has 0 saturated heterocycles. The van der Waals surface area contributed by atoms with E-state index in [1.165, 1.54) is 11.0 Å². The summed E-state index contributed by atoms with van der Waals surface area (Å²) < 4.78 is 14.6. The van der Waals surface area contributed by atoms with Gasteiger partial charge in [0.2, 0.25) is 5.66 Å². The number of carbonyl (C=O) groups is 2. The largest absolute Gasteiger partial charge is 0.350 e. The fourth-order valence-corrected chi connectivity index (χ4v) is 5.03. The Morgan fingerprint density at radius 1 is 0.829 bits per heavy atom. The molecule has 1 spiro atoms. The second-order valence-electron chi connectivity index (χ2n) is 8.86. The monoisotopic (exact) mass is 463 g/mol. The number of amides is 2. The number of carbonyl (C=O) groups excluding carboxylic acids is 2. The van der Waals surface area contributed by atoms with E-state index >= 15 is 0 Å². The van der Waals surface area contributed by atoms with Gasteiger partial charge in [-0.25, -0.2) is 4.39 Å². The predicted octanol–water partition coefficient (Wildman–Crippen LogP) is 5.61. The summed E-state index contributed by atoms with van der Waals surface area (Å²) in [5.74, 6) is -1.00. The van der Waals surface area contributed by atoms with E-state index in [4.69, 9.17) is 0 Å². The van der Waals surface area contributed by atoms with E-state index in [0.717, 1.165) is 5.56 Å². The van der Waals surface area contributed by atoms with Crippen molar-refractivity contribution in [2.75, 3.05) is 15.1 Å². The molecule has 4 aromatic rings. The van der Waals surface area contributed by atoms with E-state index in [-0.39, 0.29) is 24.2 Å². The highest BCUT2D eigenvalue weighted by atomic mass is 19.1. The van der Waals surface area contributed by atoms with Crippen LogP contribution in [0.25, 0.3) is 0 Å². The highest BCUT2D eigenvalue weighted by Crippen LogP contribution is 2.50. The van der Waals surface area contributed by atoms with Crippen LogP contribution in [0.3, 0.4) is 0 Å². The Morgan fingerprint density at radius 2 is 1.51 bits per heavy atom. The Labute approximate surface area is 202 Å². The minimum Gasteiger partial charge on any atom is -0.350 e. The molecular weight excluding hydrogens is 441 g/mol. The van der Waals surface area contributed by atoms with E-state index in [9.17, 15) is 14.0 Å². The minimum atomic E-state index is -1.51. The van der Waals surface area contributed by atoms with Gasteiger partial charge in [-0.15, -0.1) is 0 Å². The summed E-state index contributed by atoms with van der Waals surface area (Å²) in [6, 6.07) is 28.5. The number of hydrogen-bond acceptors (Lipinski definition) is 3. The summed E-state index contributed by atoms with van der Waals surface area (Å²) in [6.07, 6.45) is 0. The van der Waals surface area contributed by atoms with Gasteiger partial charge in [-0.2, -0.15) is 0 Å². The van der Waals surface area contributed by atoms with Gasteiger partial charge in [-0.05, 0) is 43.3 Å². The number of benzene rings is 4. The zero-order chi connectivity index (χ0) is 24.2. The number of hydrogen-bond donors (Lipinski definition) is 1. The molecule has 0 aliphatic carbocycles. The van der Waals surface area contributed by atoms with Crippen LogP contribution in [0.15, 0.2) is 97.1 Å². The van der Waals surface area contributed by atoms with Crippen molar-refractivity contribution >= 4 is 28.9 Å². The molecular formula is C29H22FN3O2. The molecule has 0 fully saturated rings. The van der Waals surface area contributed by atoms with Crippen LogP contribution >= 0.6 is 0 Å². The molecule has 0 saturated carbocycles. The normalized spacial score (nSPS) is 18.5. The Kier molecular flexibility index (Phi) is 4.71. The molecule has 1 atom stereocenters. The lowest BCUT2D eigenvalue weighted by atomic mass is 9.92. The Bertz CT molecular complexity index is 1480. The van der Waals surface area contributed by atoms with Gasteiger partial charge in [0.15, 0.2) is 0 Å². The molecule has 0 radical (unpaired) electrons. The van der Waals surface area contributed by atoms with Gasteiger partial charge in [0.1, 0.15) is 5.82 Å². The van der Waals surface area contributed by atoms with E-state index in [1.54, 1.807) is 41.3 Å². The van der Waals surface area contributed by atoms with Crippen LogP contribution in [0.2, 0.25) is 0 Å². The molecule has 4 aromatic carbocycles. The zero-order valence-corrected chi connectivity index (χ0v) is 19.0. The van der Waals surface area contributed by atoms with Gasteiger partial charge in [0.05, 0.1) is 17.8 Å². The van der Waals surface area contributed by atoms with Crippen LogP contribution in [-0.2, 0) is 17.0 Å². The molecule has 35 heavy (non-hydrogen) atoms. The number of fused-ring (bicyclic) bond motifs is 3. The molecule has 2 aliphatic heterocycles. The quantitative estimate of drug-likeness (QED) is 0.430. The second-order valence-corrected chi connectivity index (χ2v) is 8.86. The number of para-hydroxylation sites is 2. The fourth-order valence-electron chi connectivity index (χ4n) is 5.03. The Balaban J connectivity index is 1.58. The van der Waals surface area contributed by atoms with E-state index in [1.807, 2.05) is 61.5 Å². The molecule has 6 heteroatoms. The SMILES string of the molecule is Cc1ccc(N2C(=O)c3ccccc3N[C@@]23C(=O)N(Cc2ccccc2F)c2ccccc23)cc1. The van der Waals surface area contributed by atoms with E-state index in [0.29, 0.717) is 33.8 Å². The van der Waals surface area contributed by atoms with E-state index in [2.05, 4.69) is 5.32 Å². The van der Waals surface area contributed by atoms with Gasteiger partial charge in [-0.3, -0.25) is 14.5 Å². The lowest BCUT2D eigenvalue weighted by Gasteiger charge is -2.45. The molecule has 2 heterocycles. The lowest BCUT2D eigenvalue weighted by molar-refractivity contribution is -0.122. The van der Waals surface area contributed by atoms with Crippen molar-refractivity contribution in [3.05, 3.63) is 125 Å². The minimum absolute atomic E-state index is 0.0452. The van der Waals surface area contributed by atoms with Crippen LogP contribution in [0.4, 0.5) is 21.5 Å². The second kappa shape index (κ2) is 7.81. The standard InChI is InChI=1S/C29H22FN3O2/c1-19-14-16-21(17-15-19)33-27(34)22-9-3-6-12-25(22)31-29(33)23-10-4-7-13-26(23)32(28(29)35)18-20-8-2-5-11-24(20)30/h2-17,31H,18H2,1H3/t29-/m1/s1. The fraction of sp³-hybridized carbons (Fsp3) is 0.103. The van der Waals surface area contributed by atoms with Gasteiger partial charge < -0.3 is 10.2 Å². The first kappa shape index (κ1) is 21.1. The first-order valence-corrected chi connectivity index (χ1v) is 11.4. The third-order valence-electron chi connectivity index (χ3n) is 6.73. The number of anilines is 3. The molecule has 0 aromatic heterocycles. The van der Waals surface area contributed by atoms with Crippen LogP contribution < -0.4 is 15.1 Å².